The molecule has 0 saturated carbocycles. The quantitative estimate of drug-likeness (QED) is 0.683. The van der Waals surface area contributed by atoms with Crippen molar-refractivity contribution in [2.24, 2.45) is 5.73 Å². The summed E-state index contributed by atoms with van der Waals surface area (Å²) < 4.78 is 5.71. The molecule has 1 aliphatic heterocycles. The largest absolute Gasteiger partial charge is 0.486 e. The zero-order valence-corrected chi connectivity index (χ0v) is 9.27. The Morgan fingerprint density at radius 3 is 2.81 bits per heavy atom. The number of nitrogens with zero attached hydrogens (tertiary/aromatic N) is 1. The minimum absolute atomic E-state index is 0.494. The average Bonchev–Trinajstić information content (AvgIpc) is 2.25. The molecule has 0 aromatic heterocycles. The molecule has 0 radical (unpaired) electrons. The normalized spacial score (nSPS) is 26.4. The van der Waals surface area contributed by atoms with Crippen LogP contribution in [0.5, 0.6) is 5.75 Å². The van der Waals surface area contributed by atoms with Gasteiger partial charge < -0.3 is 15.6 Å². The van der Waals surface area contributed by atoms with Gasteiger partial charge >= 0.3 is 0 Å². The topological polar surface area (TPSA) is 79.3 Å². The Hall–Kier alpha value is -1.57. The molecule has 1 aromatic carbocycles. The van der Waals surface area contributed by atoms with Crippen molar-refractivity contribution in [1.29, 1.82) is 5.26 Å². The molecule has 4 nitrogen and oxygen atoms in total. The standard InChI is InChI=1S/C12H14N2O2/c1-12(2)11(14)10(15)8-5-7(6-13)3-4-9(8)16-12/h3-5,10-11,15H,14H2,1-2H3/t10-,11+/m0/s1. The number of fused-ring (bicyclic) bond motifs is 1. The Labute approximate surface area is 94.3 Å². The Kier molecular flexibility index (Phi) is 2.38. The summed E-state index contributed by atoms with van der Waals surface area (Å²) in [6, 6.07) is 6.50. The van der Waals surface area contributed by atoms with Gasteiger partial charge in [0.25, 0.3) is 0 Å². The van der Waals surface area contributed by atoms with Crippen LogP contribution in [0.15, 0.2) is 18.2 Å². The summed E-state index contributed by atoms with van der Waals surface area (Å²) in [6.45, 7) is 3.67. The van der Waals surface area contributed by atoms with Gasteiger partial charge in [-0.25, -0.2) is 0 Å². The fraction of sp³-hybridized carbons (Fsp3) is 0.417. The van der Waals surface area contributed by atoms with Gasteiger partial charge in [0.05, 0.1) is 17.7 Å². The predicted octanol–water partition coefficient (Wildman–Crippen LogP) is 1.09. The molecule has 4 heteroatoms. The molecular weight excluding hydrogens is 204 g/mol. The van der Waals surface area contributed by atoms with E-state index < -0.39 is 17.7 Å². The molecule has 2 rings (SSSR count). The maximum absolute atomic E-state index is 10.1. The van der Waals surface area contributed by atoms with Crippen LogP contribution in [-0.2, 0) is 0 Å². The monoisotopic (exact) mass is 218 g/mol. The van der Waals surface area contributed by atoms with Crippen molar-refractivity contribution in [1.82, 2.24) is 0 Å². The third-order valence-corrected chi connectivity index (χ3v) is 2.97. The summed E-state index contributed by atoms with van der Waals surface area (Å²) in [5.74, 6) is 0.596. The Balaban J connectivity index is 2.52. The van der Waals surface area contributed by atoms with Crippen molar-refractivity contribution in [2.75, 3.05) is 0 Å². The van der Waals surface area contributed by atoms with Crippen molar-refractivity contribution in [3.05, 3.63) is 29.3 Å². The Morgan fingerprint density at radius 2 is 2.19 bits per heavy atom. The van der Waals surface area contributed by atoms with Crippen LogP contribution in [0.25, 0.3) is 0 Å². The summed E-state index contributed by atoms with van der Waals surface area (Å²) in [6.07, 6.45) is -0.799. The smallest absolute Gasteiger partial charge is 0.126 e. The molecule has 84 valence electrons. The van der Waals surface area contributed by atoms with E-state index in [4.69, 9.17) is 15.7 Å². The molecule has 0 aliphatic carbocycles. The van der Waals surface area contributed by atoms with E-state index in [0.717, 1.165) is 0 Å². The summed E-state index contributed by atoms with van der Waals surface area (Å²) in [5.41, 5.74) is 6.38. The van der Waals surface area contributed by atoms with Crippen LogP contribution < -0.4 is 10.5 Å². The third kappa shape index (κ3) is 1.54. The number of nitriles is 1. The molecule has 16 heavy (non-hydrogen) atoms. The van der Waals surface area contributed by atoms with Crippen molar-refractivity contribution in [3.63, 3.8) is 0 Å². The van der Waals surface area contributed by atoms with E-state index in [1.165, 1.54) is 0 Å². The van der Waals surface area contributed by atoms with Gasteiger partial charge in [-0.3, -0.25) is 0 Å². The minimum Gasteiger partial charge on any atom is -0.486 e. The molecule has 0 amide bonds. The Bertz CT molecular complexity index is 463. The summed E-state index contributed by atoms with van der Waals surface area (Å²) in [5, 5.41) is 18.9. The molecule has 0 saturated heterocycles. The van der Waals surface area contributed by atoms with Crippen LogP contribution in [0.1, 0.15) is 31.1 Å². The first-order valence-corrected chi connectivity index (χ1v) is 5.12. The average molecular weight is 218 g/mol. The zero-order valence-electron chi connectivity index (χ0n) is 9.27. The molecular formula is C12H14N2O2. The molecule has 1 aromatic rings. The number of aliphatic hydroxyl groups is 1. The highest BCUT2D eigenvalue weighted by Crippen LogP contribution is 2.38. The van der Waals surface area contributed by atoms with Crippen LogP contribution in [0.2, 0.25) is 0 Å². The summed E-state index contributed by atoms with van der Waals surface area (Å²) >= 11 is 0. The molecule has 0 bridgehead atoms. The van der Waals surface area contributed by atoms with E-state index in [0.29, 0.717) is 16.9 Å². The van der Waals surface area contributed by atoms with Crippen LogP contribution in [0, 0.1) is 11.3 Å². The van der Waals surface area contributed by atoms with Gasteiger partial charge in [0.15, 0.2) is 0 Å². The first kappa shape index (κ1) is 10.9. The van der Waals surface area contributed by atoms with Crippen molar-refractivity contribution in [3.8, 4) is 11.8 Å². The highest BCUT2D eigenvalue weighted by molar-refractivity contribution is 5.45. The van der Waals surface area contributed by atoms with Gasteiger partial charge in [0.1, 0.15) is 17.5 Å². The van der Waals surface area contributed by atoms with E-state index in [1.807, 2.05) is 19.9 Å². The maximum atomic E-state index is 10.1. The molecule has 0 spiro atoms. The fourth-order valence-electron chi connectivity index (χ4n) is 1.87. The van der Waals surface area contributed by atoms with Crippen LogP contribution >= 0.6 is 0 Å². The highest BCUT2D eigenvalue weighted by atomic mass is 16.5. The van der Waals surface area contributed by atoms with Gasteiger partial charge in [-0.1, -0.05) is 0 Å². The summed E-state index contributed by atoms with van der Waals surface area (Å²) in [4.78, 5) is 0. The molecule has 3 N–H and O–H groups in total. The second-order valence-corrected chi connectivity index (χ2v) is 4.54. The third-order valence-electron chi connectivity index (χ3n) is 2.97. The number of hydrogen-bond donors (Lipinski definition) is 2. The van der Waals surface area contributed by atoms with Gasteiger partial charge in [0.2, 0.25) is 0 Å². The van der Waals surface area contributed by atoms with Crippen LogP contribution in [0.4, 0.5) is 0 Å². The molecule has 0 unspecified atom stereocenters. The first-order valence-electron chi connectivity index (χ1n) is 5.12. The van der Waals surface area contributed by atoms with E-state index in [2.05, 4.69) is 0 Å². The van der Waals surface area contributed by atoms with Crippen molar-refractivity contribution >= 4 is 0 Å². The maximum Gasteiger partial charge on any atom is 0.126 e. The lowest BCUT2D eigenvalue weighted by Crippen LogP contribution is -2.53. The molecule has 1 aliphatic rings. The minimum atomic E-state index is -0.799. The van der Waals surface area contributed by atoms with Crippen LogP contribution in [0.3, 0.4) is 0 Å². The van der Waals surface area contributed by atoms with Crippen LogP contribution in [-0.4, -0.2) is 16.7 Å². The van der Waals surface area contributed by atoms with E-state index in [-0.39, 0.29) is 0 Å². The fourth-order valence-corrected chi connectivity index (χ4v) is 1.87. The lowest BCUT2D eigenvalue weighted by molar-refractivity contribution is -0.0117. The number of aliphatic hydroxyl groups excluding tert-OH is 1. The number of nitrogens with two attached hydrogens (primary N) is 1. The number of rotatable bonds is 0. The lowest BCUT2D eigenvalue weighted by atomic mass is 9.86. The number of hydrogen-bond acceptors (Lipinski definition) is 4. The molecule has 0 fully saturated rings. The SMILES string of the molecule is CC1(C)Oc2ccc(C#N)cc2[C@H](O)[C@H]1N. The van der Waals surface area contributed by atoms with Gasteiger partial charge in [-0.05, 0) is 32.0 Å². The zero-order chi connectivity index (χ0) is 11.9. The lowest BCUT2D eigenvalue weighted by Gasteiger charge is -2.40. The summed E-state index contributed by atoms with van der Waals surface area (Å²) in [7, 11) is 0. The van der Waals surface area contributed by atoms with Gasteiger partial charge in [-0.15, -0.1) is 0 Å². The number of benzene rings is 1. The van der Waals surface area contributed by atoms with Crippen molar-refractivity contribution < 1.29 is 9.84 Å². The molecule has 2 atom stereocenters. The van der Waals surface area contributed by atoms with Gasteiger partial charge in [-0.2, -0.15) is 5.26 Å². The van der Waals surface area contributed by atoms with E-state index in [1.54, 1.807) is 18.2 Å². The van der Waals surface area contributed by atoms with E-state index >= 15 is 0 Å². The van der Waals surface area contributed by atoms with E-state index in [9.17, 15) is 5.11 Å². The van der Waals surface area contributed by atoms with Gasteiger partial charge in [0, 0.05) is 5.56 Å². The molecule has 1 heterocycles. The van der Waals surface area contributed by atoms with Crippen molar-refractivity contribution in [2.45, 2.75) is 31.6 Å². The second kappa shape index (κ2) is 3.48. The first-order chi connectivity index (χ1) is 7.45. The highest BCUT2D eigenvalue weighted by Gasteiger charge is 2.40. The predicted molar refractivity (Wildman–Crippen MR) is 58.8 cm³/mol. The Morgan fingerprint density at radius 1 is 1.50 bits per heavy atom. The number of ether oxygens (including phenoxy) is 1. The second-order valence-electron chi connectivity index (χ2n) is 4.54.